The van der Waals surface area contributed by atoms with Gasteiger partial charge in [0, 0.05) is 34.3 Å². The van der Waals surface area contributed by atoms with Gasteiger partial charge in [-0.3, -0.25) is 14.4 Å². The molecule has 67 heavy (non-hydrogen) atoms. The van der Waals surface area contributed by atoms with Crippen molar-refractivity contribution in [2.45, 2.75) is 62.3 Å². The molecule has 15 heteroatoms. The van der Waals surface area contributed by atoms with Crippen LogP contribution in [0.2, 0.25) is 0 Å². The van der Waals surface area contributed by atoms with E-state index in [0.29, 0.717) is 32.7 Å². The highest BCUT2D eigenvalue weighted by Crippen LogP contribution is 2.55. The summed E-state index contributed by atoms with van der Waals surface area (Å²) < 4.78 is 18.9. The first-order chi connectivity index (χ1) is 32.2. The van der Waals surface area contributed by atoms with E-state index in [1.165, 1.54) is 0 Å². The van der Waals surface area contributed by atoms with E-state index in [4.69, 9.17) is 25.7 Å². The van der Waals surface area contributed by atoms with Gasteiger partial charge in [-0.15, -0.1) is 0 Å². The summed E-state index contributed by atoms with van der Waals surface area (Å²) in [5, 5.41) is 4.88. The number of hydrogen-bond acceptors (Lipinski definition) is 12. The number of ether oxygens (including phenoxy) is 3. The van der Waals surface area contributed by atoms with Crippen molar-refractivity contribution in [3.8, 4) is 11.1 Å². The smallest absolute Gasteiger partial charge is 0.418 e. The maximum absolute atomic E-state index is 16.8. The molecule has 6 rings (SSSR count). The zero-order valence-electron chi connectivity index (χ0n) is 38.0. The number of carbonyl (C=O) groups excluding carboxylic acids is 6. The van der Waals surface area contributed by atoms with Crippen molar-refractivity contribution in [2.24, 2.45) is 17.4 Å². The van der Waals surface area contributed by atoms with Crippen LogP contribution in [0.15, 0.2) is 140 Å². The molecule has 6 N–H and O–H groups in total. The van der Waals surface area contributed by atoms with Crippen LogP contribution in [0.4, 0.5) is 4.79 Å². The van der Waals surface area contributed by atoms with Crippen molar-refractivity contribution in [2.75, 3.05) is 32.5 Å². The number of amides is 4. The Morgan fingerprint density at radius 2 is 1.15 bits per heavy atom. The number of nitrogens with zero attached hydrogens (tertiary/aromatic N) is 1. The van der Waals surface area contributed by atoms with Crippen LogP contribution in [0.3, 0.4) is 0 Å². The average molecular weight is 928 g/mol. The Bertz CT molecular complexity index is 2410. The highest BCUT2D eigenvalue weighted by molar-refractivity contribution is 7.80. The first-order valence-electron chi connectivity index (χ1n) is 22.0. The Morgan fingerprint density at radius 3 is 1.58 bits per heavy atom. The number of hydrogen-bond donors (Lipinski definition) is 5. The molecule has 0 radical (unpaired) electrons. The fraction of sp³-hybridized carbons (Fsp3) is 0.308. The Kier molecular flexibility index (Phi) is 16.0. The van der Waals surface area contributed by atoms with E-state index in [2.05, 4.69) is 23.3 Å². The standard InChI is InChI=1S/C52H57N5O9S/c1-50(2,3)66-49(63)57(46(60)42(33-67)56-44(59)32-55-43(58)31-54)51(47(61)64-4,41(29-18-30-53)45-39-27-16-14-25-37(39)38-26-15-17-28-40(38)45)48(62)65-52(34-19-8-5-9-20-34,35-21-10-6-11-22-35)36-23-12-7-13-24-36/h5-17,19-28,41-42,45,67H,18,29-33,53-54H2,1-4H3,(H,55,58)(H,56,59)/t41?,42?,51-/m1/s1. The molecular formula is C52H57N5O9S. The second kappa shape index (κ2) is 21.7. The number of fused-ring (bicyclic) bond motifs is 3. The van der Waals surface area contributed by atoms with Gasteiger partial charge in [-0.05, 0) is 62.4 Å². The fourth-order valence-electron chi connectivity index (χ4n) is 8.94. The highest BCUT2D eigenvalue weighted by Gasteiger charge is 2.68. The zero-order valence-corrected chi connectivity index (χ0v) is 38.9. The van der Waals surface area contributed by atoms with Crippen LogP contribution >= 0.6 is 12.6 Å². The van der Waals surface area contributed by atoms with Crippen LogP contribution in [-0.4, -0.2) is 90.3 Å². The summed E-state index contributed by atoms with van der Waals surface area (Å²) >= 11 is 4.44. The topological polar surface area (TPSA) is 209 Å². The number of nitrogens with two attached hydrogens (primary N) is 2. The van der Waals surface area contributed by atoms with Gasteiger partial charge < -0.3 is 36.3 Å². The summed E-state index contributed by atoms with van der Waals surface area (Å²) in [5.41, 5.74) is 9.86. The van der Waals surface area contributed by atoms with Gasteiger partial charge in [-0.1, -0.05) is 140 Å². The molecule has 2 unspecified atom stereocenters. The van der Waals surface area contributed by atoms with E-state index in [-0.39, 0.29) is 19.4 Å². The van der Waals surface area contributed by atoms with E-state index >= 15 is 19.2 Å². The molecular weight excluding hydrogens is 871 g/mol. The summed E-state index contributed by atoms with van der Waals surface area (Å²) in [6.07, 6.45) is -1.29. The molecule has 0 heterocycles. The molecule has 4 amide bonds. The van der Waals surface area contributed by atoms with Gasteiger partial charge in [0.05, 0.1) is 20.2 Å². The first kappa shape index (κ1) is 49.6. The van der Waals surface area contributed by atoms with E-state index in [9.17, 15) is 9.59 Å². The predicted octanol–water partition coefficient (Wildman–Crippen LogP) is 5.85. The predicted molar refractivity (Wildman–Crippen MR) is 256 cm³/mol. The zero-order chi connectivity index (χ0) is 48.4. The molecule has 3 atom stereocenters. The van der Waals surface area contributed by atoms with Crippen molar-refractivity contribution >= 4 is 48.4 Å². The Hall–Kier alpha value is -6.81. The van der Waals surface area contributed by atoms with Gasteiger partial charge in [0.2, 0.25) is 11.8 Å². The second-order valence-corrected chi connectivity index (χ2v) is 17.4. The lowest BCUT2D eigenvalue weighted by molar-refractivity contribution is -0.189. The first-order valence-corrected chi connectivity index (χ1v) is 22.6. The number of esters is 2. The van der Waals surface area contributed by atoms with Gasteiger partial charge in [0.15, 0.2) is 5.60 Å². The van der Waals surface area contributed by atoms with Gasteiger partial charge >= 0.3 is 18.0 Å². The molecule has 1 aliphatic rings. The van der Waals surface area contributed by atoms with Gasteiger partial charge in [0.1, 0.15) is 11.6 Å². The molecule has 5 aromatic rings. The van der Waals surface area contributed by atoms with Crippen molar-refractivity contribution in [1.82, 2.24) is 15.5 Å². The summed E-state index contributed by atoms with van der Waals surface area (Å²) in [5.74, 6) is -8.18. The lowest BCUT2D eigenvalue weighted by atomic mass is 9.68. The summed E-state index contributed by atoms with van der Waals surface area (Å²) in [7, 11) is 1.05. The third-order valence-corrected chi connectivity index (χ3v) is 12.1. The van der Waals surface area contributed by atoms with Crippen molar-refractivity contribution in [3.05, 3.63) is 167 Å². The molecule has 1 aliphatic carbocycles. The van der Waals surface area contributed by atoms with E-state index in [1.54, 1.807) is 112 Å². The van der Waals surface area contributed by atoms with Crippen molar-refractivity contribution in [3.63, 3.8) is 0 Å². The van der Waals surface area contributed by atoms with Crippen LogP contribution in [0, 0.1) is 5.92 Å². The monoisotopic (exact) mass is 927 g/mol. The summed E-state index contributed by atoms with van der Waals surface area (Å²) in [6, 6.07) is 40.0. The van der Waals surface area contributed by atoms with Crippen LogP contribution in [-0.2, 0) is 43.8 Å². The van der Waals surface area contributed by atoms with Crippen molar-refractivity contribution in [1.29, 1.82) is 0 Å². The molecule has 0 fully saturated rings. The quantitative estimate of drug-likeness (QED) is 0.0231. The summed E-state index contributed by atoms with van der Waals surface area (Å²) in [4.78, 5) is 89.8. The SMILES string of the molecule is COC(=O)[C@@](C(=O)OC(c1ccccc1)(c1ccccc1)c1ccccc1)(C(CCCN)C1c2ccccc2-c2ccccc21)N(C(=O)OC(C)(C)C)C(=O)C(CS)NC(=O)CNC(=O)CN. The number of thiol groups is 1. The van der Waals surface area contributed by atoms with Crippen molar-refractivity contribution < 1.29 is 43.0 Å². The van der Waals surface area contributed by atoms with Gasteiger partial charge in [-0.2, -0.15) is 12.6 Å². The second-order valence-electron chi connectivity index (χ2n) is 17.1. The minimum atomic E-state index is -3.07. The minimum absolute atomic E-state index is 0.0569. The third-order valence-electron chi connectivity index (χ3n) is 11.7. The maximum Gasteiger partial charge on any atom is 0.418 e. The minimum Gasteiger partial charge on any atom is -0.467 e. The lowest BCUT2D eigenvalue weighted by Gasteiger charge is -2.48. The van der Waals surface area contributed by atoms with Crippen LogP contribution in [0.1, 0.15) is 67.3 Å². The fourth-order valence-corrected chi connectivity index (χ4v) is 9.19. The van der Waals surface area contributed by atoms with Crippen LogP contribution in [0.25, 0.3) is 11.1 Å². The van der Waals surface area contributed by atoms with E-state index < -0.39 is 89.2 Å². The molecule has 14 nitrogen and oxygen atoms in total. The van der Waals surface area contributed by atoms with E-state index in [1.807, 2.05) is 48.5 Å². The Labute approximate surface area is 396 Å². The normalized spacial score (nSPS) is 14.0. The largest absolute Gasteiger partial charge is 0.467 e. The van der Waals surface area contributed by atoms with Crippen LogP contribution < -0.4 is 22.1 Å². The number of rotatable bonds is 18. The number of methoxy groups -OCH3 is 1. The summed E-state index contributed by atoms with van der Waals surface area (Å²) in [6.45, 7) is 3.74. The van der Waals surface area contributed by atoms with Gasteiger partial charge in [0.25, 0.3) is 11.4 Å². The Balaban J connectivity index is 1.75. The molecule has 350 valence electrons. The average Bonchev–Trinajstić information content (AvgIpc) is 3.67. The van der Waals surface area contributed by atoms with E-state index in [0.717, 1.165) is 18.2 Å². The third kappa shape index (κ3) is 10.1. The molecule has 0 saturated heterocycles. The van der Waals surface area contributed by atoms with Gasteiger partial charge in [-0.25, -0.2) is 19.3 Å². The Morgan fingerprint density at radius 1 is 0.672 bits per heavy atom. The number of carbonyl (C=O) groups is 6. The number of imide groups is 1. The molecule has 0 bridgehead atoms. The molecule has 0 aliphatic heterocycles. The number of benzene rings is 5. The molecule has 0 spiro atoms. The molecule has 0 saturated carbocycles. The maximum atomic E-state index is 16.8. The molecule has 0 aromatic heterocycles. The highest BCUT2D eigenvalue weighted by atomic mass is 32.1. The number of nitrogens with one attached hydrogen (secondary N) is 2. The molecule has 5 aromatic carbocycles. The van der Waals surface area contributed by atoms with Crippen LogP contribution in [0.5, 0.6) is 0 Å². The lowest BCUT2D eigenvalue weighted by Crippen LogP contribution is -2.72.